The zero-order chi connectivity index (χ0) is 11.7. The summed E-state index contributed by atoms with van der Waals surface area (Å²) in [7, 11) is 0. The lowest BCUT2D eigenvalue weighted by atomic mass is 10.3. The molecule has 0 radical (unpaired) electrons. The van der Waals surface area contributed by atoms with Crippen LogP contribution in [0.15, 0.2) is 17.1 Å². The van der Waals surface area contributed by atoms with Crippen molar-refractivity contribution in [3.05, 3.63) is 29.6 Å². The Balaban J connectivity index is 2.20. The summed E-state index contributed by atoms with van der Waals surface area (Å²) in [6.07, 6.45) is 1.85. The van der Waals surface area contributed by atoms with Crippen molar-refractivity contribution in [1.29, 1.82) is 0 Å². The largest absolute Gasteiger partial charge is 0.370 e. The molecule has 0 unspecified atom stereocenters. The Morgan fingerprint density at radius 2 is 1.81 bits per heavy atom. The number of halogens is 3. The minimum absolute atomic E-state index is 0.0630. The van der Waals surface area contributed by atoms with Gasteiger partial charge in [-0.3, -0.25) is 0 Å². The number of benzene rings is 1. The fraction of sp³-hybridized carbons (Fsp3) is 0.300. The van der Waals surface area contributed by atoms with Crippen molar-refractivity contribution in [3.8, 4) is 0 Å². The second-order valence-electron chi connectivity index (χ2n) is 3.61. The van der Waals surface area contributed by atoms with Crippen molar-refractivity contribution >= 4 is 11.6 Å². The van der Waals surface area contributed by atoms with E-state index >= 15 is 0 Å². The predicted molar refractivity (Wildman–Crippen MR) is 54.6 cm³/mol. The van der Waals surface area contributed by atoms with Gasteiger partial charge in [-0.05, 0) is 12.8 Å². The molecule has 1 aromatic carbocycles. The van der Waals surface area contributed by atoms with Gasteiger partial charge < -0.3 is 11.1 Å². The maximum Gasteiger partial charge on any atom is 0.193 e. The standard InChI is InChI=1S/C10H10F3N3/c11-5-3-7(12)9(8(13)4-5)16-10(14)15-6-1-2-6/h3-4,6H,1-2H2,(H3,14,15,16). The van der Waals surface area contributed by atoms with Crippen LogP contribution in [0, 0.1) is 17.5 Å². The van der Waals surface area contributed by atoms with Gasteiger partial charge in [0.25, 0.3) is 0 Å². The number of nitrogens with zero attached hydrogens (tertiary/aromatic N) is 1. The lowest BCUT2D eigenvalue weighted by molar-refractivity contribution is 0.549. The summed E-state index contributed by atoms with van der Waals surface area (Å²) in [5.41, 5.74) is 4.95. The average molecular weight is 229 g/mol. The predicted octanol–water partition coefficient (Wildman–Crippen LogP) is 1.99. The summed E-state index contributed by atoms with van der Waals surface area (Å²) in [6, 6.07) is 1.30. The first-order chi connectivity index (χ1) is 7.56. The van der Waals surface area contributed by atoms with Crippen LogP contribution in [0.3, 0.4) is 0 Å². The van der Waals surface area contributed by atoms with E-state index in [-0.39, 0.29) is 12.0 Å². The number of guanidine groups is 1. The SMILES string of the molecule is NC(=NC1CC1)Nc1c(F)cc(F)cc1F. The number of hydrogen-bond acceptors (Lipinski definition) is 1. The fourth-order valence-electron chi connectivity index (χ4n) is 1.22. The van der Waals surface area contributed by atoms with E-state index in [9.17, 15) is 13.2 Å². The Morgan fingerprint density at radius 1 is 1.25 bits per heavy atom. The van der Waals surface area contributed by atoms with Gasteiger partial charge in [0.1, 0.15) is 11.5 Å². The molecule has 0 amide bonds. The van der Waals surface area contributed by atoms with Crippen LogP contribution in [-0.4, -0.2) is 12.0 Å². The summed E-state index contributed by atoms with van der Waals surface area (Å²) >= 11 is 0. The first kappa shape index (κ1) is 10.8. The zero-order valence-corrected chi connectivity index (χ0v) is 8.30. The van der Waals surface area contributed by atoms with Crippen molar-refractivity contribution in [2.75, 3.05) is 5.32 Å². The minimum atomic E-state index is -1.04. The highest BCUT2D eigenvalue weighted by atomic mass is 19.1. The average Bonchev–Trinajstić information content (AvgIpc) is 2.95. The lowest BCUT2D eigenvalue weighted by Crippen LogP contribution is -2.24. The molecule has 1 fully saturated rings. The van der Waals surface area contributed by atoms with E-state index in [0.717, 1.165) is 12.8 Å². The summed E-state index contributed by atoms with van der Waals surface area (Å²) < 4.78 is 38.9. The van der Waals surface area contributed by atoms with Crippen LogP contribution in [0.4, 0.5) is 18.9 Å². The molecule has 1 saturated carbocycles. The molecular weight excluding hydrogens is 219 g/mol. The van der Waals surface area contributed by atoms with Crippen LogP contribution < -0.4 is 11.1 Å². The van der Waals surface area contributed by atoms with Gasteiger partial charge in [-0.1, -0.05) is 0 Å². The van der Waals surface area contributed by atoms with E-state index in [2.05, 4.69) is 10.3 Å². The van der Waals surface area contributed by atoms with Gasteiger partial charge in [-0.2, -0.15) is 0 Å². The van der Waals surface area contributed by atoms with Gasteiger partial charge in [0.15, 0.2) is 17.6 Å². The van der Waals surface area contributed by atoms with Crippen LogP contribution in [0.25, 0.3) is 0 Å². The maximum absolute atomic E-state index is 13.2. The summed E-state index contributed by atoms with van der Waals surface area (Å²) in [4.78, 5) is 3.94. The first-order valence-corrected chi connectivity index (χ1v) is 4.81. The molecule has 1 aromatic rings. The number of aliphatic imine (C=N–C) groups is 1. The van der Waals surface area contributed by atoms with Crippen molar-refractivity contribution in [1.82, 2.24) is 0 Å². The van der Waals surface area contributed by atoms with Crippen LogP contribution in [-0.2, 0) is 0 Å². The normalized spacial score (nSPS) is 16.3. The lowest BCUT2D eigenvalue weighted by Gasteiger charge is -2.07. The van der Waals surface area contributed by atoms with Gasteiger partial charge in [-0.25, -0.2) is 18.2 Å². The molecule has 3 N–H and O–H groups in total. The van der Waals surface area contributed by atoms with Gasteiger partial charge in [0, 0.05) is 12.1 Å². The number of rotatable bonds is 2. The molecule has 0 aromatic heterocycles. The monoisotopic (exact) mass is 229 g/mol. The molecule has 3 nitrogen and oxygen atoms in total. The van der Waals surface area contributed by atoms with Crippen molar-refractivity contribution in [2.45, 2.75) is 18.9 Å². The van der Waals surface area contributed by atoms with Crippen molar-refractivity contribution in [2.24, 2.45) is 10.7 Å². The van der Waals surface area contributed by atoms with E-state index in [1.54, 1.807) is 0 Å². The molecular formula is C10H10F3N3. The quantitative estimate of drug-likeness (QED) is 0.602. The number of nitrogens with two attached hydrogens (primary N) is 1. The van der Waals surface area contributed by atoms with Gasteiger partial charge in [-0.15, -0.1) is 0 Å². The first-order valence-electron chi connectivity index (χ1n) is 4.81. The minimum Gasteiger partial charge on any atom is -0.370 e. The molecule has 0 atom stereocenters. The zero-order valence-electron chi connectivity index (χ0n) is 8.30. The molecule has 0 saturated heterocycles. The number of nitrogens with one attached hydrogen (secondary N) is 1. The molecule has 86 valence electrons. The van der Waals surface area contributed by atoms with Gasteiger partial charge in [0.2, 0.25) is 0 Å². The van der Waals surface area contributed by atoms with E-state index in [4.69, 9.17) is 5.73 Å². The molecule has 1 aliphatic rings. The second-order valence-corrected chi connectivity index (χ2v) is 3.61. The van der Waals surface area contributed by atoms with Gasteiger partial charge in [0.05, 0.1) is 6.04 Å². The smallest absolute Gasteiger partial charge is 0.193 e. The molecule has 1 aliphatic carbocycles. The highest BCUT2D eigenvalue weighted by Gasteiger charge is 2.21. The van der Waals surface area contributed by atoms with Crippen LogP contribution in [0.2, 0.25) is 0 Å². The van der Waals surface area contributed by atoms with E-state index < -0.39 is 23.1 Å². The second kappa shape index (κ2) is 4.03. The highest BCUT2D eigenvalue weighted by molar-refractivity contribution is 5.92. The van der Waals surface area contributed by atoms with Crippen molar-refractivity contribution < 1.29 is 13.2 Å². The molecule has 0 bridgehead atoms. The Labute approximate surface area is 90.2 Å². The third-order valence-corrected chi connectivity index (χ3v) is 2.13. The highest BCUT2D eigenvalue weighted by Crippen LogP contribution is 2.24. The van der Waals surface area contributed by atoms with E-state index in [1.165, 1.54) is 0 Å². The Kier molecular flexibility index (Phi) is 2.72. The molecule has 0 heterocycles. The van der Waals surface area contributed by atoms with Crippen LogP contribution >= 0.6 is 0 Å². The molecule has 0 spiro atoms. The maximum atomic E-state index is 13.2. The molecule has 0 aliphatic heterocycles. The van der Waals surface area contributed by atoms with Crippen LogP contribution in [0.5, 0.6) is 0 Å². The summed E-state index contributed by atoms with van der Waals surface area (Å²) in [6.45, 7) is 0. The Hall–Kier alpha value is -1.72. The van der Waals surface area contributed by atoms with Crippen molar-refractivity contribution in [3.63, 3.8) is 0 Å². The Bertz CT molecular complexity index is 418. The molecule has 6 heteroatoms. The Morgan fingerprint density at radius 3 is 2.31 bits per heavy atom. The van der Waals surface area contributed by atoms with Gasteiger partial charge >= 0.3 is 0 Å². The topological polar surface area (TPSA) is 50.4 Å². The molecule has 16 heavy (non-hydrogen) atoms. The molecule has 2 rings (SSSR count). The van der Waals surface area contributed by atoms with E-state index in [0.29, 0.717) is 12.1 Å². The summed E-state index contributed by atoms with van der Waals surface area (Å²) in [5.74, 6) is -3.11. The van der Waals surface area contributed by atoms with E-state index in [1.807, 2.05) is 0 Å². The summed E-state index contributed by atoms with van der Waals surface area (Å²) in [5, 5.41) is 2.29. The number of hydrogen-bond donors (Lipinski definition) is 2. The van der Waals surface area contributed by atoms with Crippen LogP contribution in [0.1, 0.15) is 12.8 Å². The third-order valence-electron chi connectivity index (χ3n) is 2.13. The third kappa shape index (κ3) is 2.44. The fourth-order valence-corrected chi connectivity index (χ4v) is 1.22. The number of anilines is 1.